The van der Waals surface area contributed by atoms with Gasteiger partial charge in [-0.3, -0.25) is 18.9 Å². The van der Waals surface area contributed by atoms with Gasteiger partial charge in [-0.2, -0.15) is 0 Å². The first-order valence-corrected chi connectivity index (χ1v) is 11.2. The molecule has 34 heavy (non-hydrogen) atoms. The molecule has 2 aromatic heterocycles. The van der Waals surface area contributed by atoms with Gasteiger partial charge in [0.25, 0.3) is 5.91 Å². The van der Waals surface area contributed by atoms with E-state index in [4.69, 9.17) is 4.74 Å². The number of imide groups is 1. The van der Waals surface area contributed by atoms with Crippen LogP contribution in [-0.2, 0) is 16.1 Å². The predicted molar refractivity (Wildman–Crippen MR) is 124 cm³/mol. The Hall–Kier alpha value is -3.95. The summed E-state index contributed by atoms with van der Waals surface area (Å²) in [5.41, 5.74) is 1.47. The highest BCUT2D eigenvalue weighted by Gasteiger charge is 2.39. The van der Waals surface area contributed by atoms with Crippen LogP contribution < -0.4 is 15.4 Å². The van der Waals surface area contributed by atoms with Gasteiger partial charge in [-0.05, 0) is 42.2 Å². The smallest absolute Gasteiger partial charge is 0.325 e. The second-order valence-corrected chi connectivity index (χ2v) is 8.72. The zero-order valence-electron chi connectivity index (χ0n) is 19.4. The number of rotatable bonds is 9. The second-order valence-electron chi connectivity index (χ2n) is 8.72. The average molecular weight is 465 g/mol. The van der Waals surface area contributed by atoms with Gasteiger partial charge in [0.2, 0.25) is 5.91 Å². The van der Waals surface area contributed by atoms with E-state index in [0.717, 1.165) is 10.5 Å². The Morgan fingerprint density at radius 1 is 1.15 bits per heavy atom. The van der Waals surface area contributed by atoms with E-state index < -0.39 is 18.0 Å². The molecule has 2 N–H and O–H groups in total. The maximum Gasteiger partial charge on any atom is 0.325 e. The molecule has 178 valence electrons. The largest absolute Gasteiger partial charge is 0.497 e. The molecule has 4 amide bonds. The molecule has 2 atom stereocenters. The molecule has 10 heteroatoms. The molecule has 0 aliphatic carbocycles. The Morgan fingerprint density at radius 2 is 1.91 bits per heavy atom. The average Bonchev–Trinajstić information content (AvgIpc) is 3.35. The molecule has 4 rings (SSSR count). The Bertz CT molecular complexity index is 1190. The van der Waals surface area contributed by atoms with Crippen LogP contribution in [0.4, 0.5) is 4.79 Å². The van der Waals surface area contributed by atoms with Gasteiger partial charge in [0, 0.05) is 6.20 Å². The summed E-state index contributed by atoms with van der Waals surface area (Å²) in [5.74, 6) is 0.828. The molecule has 1 saturated heterocycles. The molecular formula is C24H28N6O4. The third-order valence-electron chi connectivity index (χ3n) is 5.69. The third-order valence-corrected chi connectivity index (χ3v) is 5.69. The molecule has 0 bridgehead atoms. The highest BCUT2D eigenvalue weighted by atomic mass is 16.5. The van der Waals surface area contributed by atoms with E-state index in [1.54, 1.807) is 31.4 Å². The van der Waals surface area contributed by atoms with Crippen molar-refractivity contribution < 1.29 is 19.1 Å². The van der Waals surface area contributed by atoms with Gasteiger partial charge in [0.15, 0.2) is 11.5 Å². The second kappa shape index (κ2) is 9.90. The van der Waals surface area contributed by atoms with Crippen molar-refractivity contribution in [1.82, 2.24) is 30.1 Å². The molecule has 3 aromatic rings. The molecule has 1 aliphatic heterocycles. The predicted octanol–water partition coefficient (Wildman–Crippen LogP) is 2.45. The Balaban J connectivity index is 1.42. The van der Waals surface area contributed by atoms with Crippen LogP contribution in [0.25, 0.3) is 5.65 Å². The number of nitrogens with one attached hydrogen (secondary N) is 2. The summed E-state index contributed by atoms with van der Waals surface area (Å²) in [6.45, 7) is 4.23. The summed E-state index contributed by atoms with van der Waals surface area (Å²) in [6, 6.07) is 10.9. The zero-order chi connectivity index (χ0) is 24.2. The van der Waals surface area contributed by atoms with Gasteiger partial charge in [0.05, 0.1) is 26.1 Å². The lowest BCUT2D eigenvalue weighted by molar-refractivity contribution is -0.131. The van der Waals surface area contributed by atoms with E-state index in [1.807, 2.05) is 28.8 Å². The zero-order valence-corrected chi connectivity index (χ0v) is 19.4. The first-order chi connectivity index (χ1) is 16.4. The van der Waals surface area contributed by atoms with E-state index >= 15 is 0 Å². The summed E-state index contributed by atoms with van der Waals surface area (Å²) in [5, 5.41) is 14.1. The number of benzene rings is 1. The lowest BCUT2D eigenvalue weighted by Gasteiger charge is -2.20. The molecule has 0 saturated carbocycles. The topological polar surface area (TPSA) is 118 Å². The van der Waals surface area contributed by atoms with Crippen LogP contribution in [0, 0.1) is 5.92 Å². The lowest BCUT2D eigenvalue weighted by atomic mass is 10.0. The van der Waals surface area contributed by atoms with Gasteiger partial charge in [-0.1, -0.05) is 32.0 Å². The van der Waals surface area contributed by atoms with E-state index in [2.05, 4.69) is 34.7 Å². The van der Waals surface area contributed by atoms with Crippen LogP contribution in [-0.4, -0.2) is 50.5 Å². The van der Waals surface area contributed by atoms with Gasteiger partial charge in [0.1, 0.15) is 11.8 Å². The molecule has 10 nitrogen and oxygen atoms in total. The van der Waals surface area contributed by atoms with Crippen molar-refractivity contribution in [2.75, 3.05) is 7.11 Å². The number of pyridine rings is 1. The van der Waals surface area contributed by atoms with E-state index in [1.165, 1.54) is 0 Å². The van der Waals surface area contributed by atoms with E-state index in [-0.39, 0.29) is 30.8 Å². The van der Waals surface area contributed by atoms with E-state index in [9.17, 15) is 14.4 Å². The van der Waals surface area contributed by atoms with Crippen LogP contribution in [0.2, 0.25) is 0 Å². The number of aromatic nitrogens is 3. The standard InChI is InChI=1S/C24H28N6O4/c1-15(2)12-18(22-28-27-20-6-4-5-11-29(20)22)25-21(31)13-19-23(32)30(24(33)26-19)14-16-7-9-17(34-3)10-8-16/h4-11,15,18-19H,12-14H2,1-3H3,(H,25,31)(H,26,33)/t18-,19-/m0/s1. The molecule has 1 aromatic carbocycles. The first-order valence-electron chi connectivity index (χ1n) is 11.2. The highest BCUT2D eigenvalue weighted by Crippen LogP contribution is 2.22. The van der Waals surface area contributed by atoms with E-state index in [0.29, 0.717) is 23.6 Å². The molecule has 0 radical (unpaired) electrons. The van der Waals surface area contributed by atoms with Crippen molar-refractivity contribution in [3.8, 4) is 5.75 Å². The van der Waals surface area contributed by atoms with Crippen LogP contribution in [0.15, 0.2) is 48.7 Å². The van der Waals surface area contributed by atoms with Crippen LogP contribution in [0.1, 0.15) is 44.1 Å². The fourth-order valence-electron chi connectivity index (χ4n) is 4.01. The number of urea groups is 1. The number of hydrogen-bond acceptors (Lipinski definition) is 6. The molecule has 1 fully saturated rings. The molecule has 0 unspecified atom stereocenters. The Morgan fingerprint density at radius 3 is 2.62 bits per heavy atom. The van der Waals surface area contributed by atoms with Crippen LogP contribution >= 0.6 is 0 Å². The Labute approximate surface area is 197 Å². The van der Waals surface area contributed by atoms with Gasteiger partial charge < -0.3 is 15.4 Å². The number of carbonyl (C=O) groups is 3. The van der Waals surface area contributed by atoms with Crippen molar-refractivity contribution in [2.24, 2.45) is 5.92 Å². The lowest BCUT2D eigenvalue weighted by Crippen LogP contribution is -2.38. The molecule has 1 aliphatic rings. The summed E-state index contributed by atoms with van der Waals surface area (Å²) in [4.78, 5) is 39.3. The van der Waals surface area contributed by atoms with Gasteiger partial charge >= 0.3 is 6.03 Å². The maximum atomic E-state index is 12.9. The number of hydrogen-bond donors (Lipinski definition) is 2. The first kappa shape index (κ1) is 23.2. The maximum absolute atomic E-state index is 12.9. The van der Waals surface area contributed by atoms with Crippen LogP contribution in [0.5, 0.6) is 5.75 Å². The van der Waals surface area contributed by atoms with Crippen molar-refractivity contribution in [1.29, 1.82) is 0 Å². The normalized spacial score (nSPS) is 16.7. The monoisotopic (exact) mass is 464 g/mol. The number of nitrogens with zero attached hydrogens (tertiary/aromatic N) is 4. The number of carbonyl (C=O) groups excluding carboxylic acids is 3. The number of amides is 4. The summed E-state index contributed by atoms with van der Waals surface area (Å²) >= 11 is 0. The fraction of sp³-hybridized carbons (Fsp3) is 0.375. The summed E-state index contributed by atoms with van der Waals surface area (Å²) in [7, 11) is 1.57. The van der Waals surface area contributed by atoms with Crippen molar-refractivity contribution in [3.05, 3.63) is 60.0 Å². The molecular weight excluding hydrogens is 436 g/mol. The van der Waals surface area contributed by atoms with Crippen molar-refractivity contribution in [3.63, 3.8) is 0 Å². The minimum absolute atomic E-state index is 0.120. The van der Waals surface area contributed by atoms with Crippen molar-refractivity contribution >= 4 is 23.5 Å². The SMILES string of the molecule is COc1ccc(CN2C(=O)N[C@@H](CC(=O)N[C@@H](CC(C)C)c3nnc4ccccn34)C2=O)cc1. The third kappa shape index (κ3) is 5.00. The van der Waals surface area contributed by atoms with Gasteiger partial charge in [-0.25, -0.2) is 4.79 Å². The minimum atomic E-state index is -0.916. The summed E-state index contributed by atoms with van der Waals surface area (Å²) < 4.78 is 6.97. The fourth-order valence-corrected chi connectivity index (χ4v) is 4.01. The number of ether oxygens (including phenoxy) is 1. The number of methoxy groups -OCH3 is 1. The number of fused-ring (bicyclic) bond motifs is 1. The van der Waals surface area contributed by atoms with Crippen molar-refractivity contribution in [2.45, 2.75) is 45.3 Å². The quantitative estimate of drug-likeness (QED) is 0.470. The Kier molecular flexibility index (Phi) is 6.76. The van der Waals surface area contributed by atoms with Gasteiger partial charge in [-0.15, -0.1) is 10.2 Å². The summed E-state index contributed by atoms with van der Waals surface area (Å²) in [6.07, 6.45) is 2.34. The minimum Gasteiger partial charge on any atom is -0.497 e. The highest BCUT2D eigenvalue weighted by molar-refractivity contribution is 6.05. The molecule has 0 spiro atoms. The van der Waals surface area contributed by atoms with Crippen LogP contribution in [0.3, 0.4) is 0 Å². The molecule has 3 heterocycles.